The van der Waals surface area contributed by atoms with Crippen LogP contribution in [0.4, 0.5) is 0 Å². The Morgan fingerprint density at radius 2 is 1.59 bits per heavy atom. The minimum atomic E-state index is -0.560. The Bertz CT molecular complexity index is 733. The second kappa shape index (κ2) is 9.71. The van der Waals surface area contributed by atoms with Crippen molar-refractivity contribution in [3.05, 3.63) is 47.5 Å². The van der Waals surface area contributed by atoms with E-state index in [2.05, 4.69) is 5.32 Å². The summed E-state index contributed by atoms with van der Waals surface area (Å²) < 4.78 is 21.8. The molecule has 0 unspecified atom stereocenters. The predicted molar refractivity (Wildman–Crippen MR) is 104 cm³/mol. The van der Waals surface area contributed by atoms with Gasteiger partial charge in [-0.25, -0.2) is 0 Å². The van der Waals surface area contributed by atoms with Crippen LogP contribution < -0.4 is 24.3 Å². The highest BCUT2D eigenvalue weighted by Gasteiger charge is 2.19. The quantitative estimate of drug-likeness (QED) is 0.729. The summed E-state index contributed by atoms with van der Waals surface area (Å²) >= 11 is 0. The molecule has 0 bridgehead atoms. The maximum absolute atomic E-state index is 12.5. The van der Waals surface area contributed by atoms with Crippen LogP contribution in [0.1, 0.15) is 24.5 Å². The fourth-order valence-electron chi connectivity index (χ4n) is 2.64. The Kier molecular flexibility index (Phi) is 7.34. The smallest absolute Gasteiger partial charge is 0.261 e. The summed E-state index contributed by atoms with van der Waals surface area (Å²) in [4.78, 5) is 12.5. The Morgan fingerprint density at radius 3 is 2.07 bits per heavy atom. The van der Waals surface area contributed by atoms with E-state index in [-0.39, 0.29) is 5.91 Å². The molecule has 0 aliphatic rings. The number of carbonyl (C=O) groups is 1. The van der Waals surface area contributed by atoms with Crippen LogP contribution in [0.5, 0.6) is 23.0 Å². The van der Waals surface area contributed by atoms with Gasteiger partial charge in [0.15, 0.2) is 17.6 Å². The molecule has 0 saturated carbocycles. The van der Waals surface area contributed by atoms with Crippen LogP contribution in [0.25, 0.3) is 0 Å². The van der Waals surface area contributed by atoms with E-state index in [1.807, 2.05) is 50.2 Å². The number of rotatable bonds is 9. The molecule has 0 saturated heterocycles. The zero-order valence-corrected chi connectivity index (χ0v) is 16.5. The third kappa shape index (κ3) is 5.29. The average molecular weight is 373 g/mol. The molecule has 2 rings (SSSR count). The maximum Gasteiger partial charge on any atom is 0.261 e. The van der Waals surface area contributed by atoms with E-state index in [1.165, 1.54) is 0 Å². The van der Waals surface area contributed by atoms with Gasteiger partial charge in [0.2, 0.25) is 5.75 Å². The summed E-state index contributed by atoms with van der Waals surface area (Å²) in [6.07, 6.45) is 0.00403. The third-order valence-corrected chi connectivity index (χ3v) is 4.15. The number of nitrogens with one attached hydrogen (secondary N) is 1. The first-order valence-electron chi connectivity index (χ1n) is 8.82. The van der Waals surface area contributed by atoms with Crippen LogP contribution >= 0.6 is 0 Å². The van der Waals surface area contributed by atoms with E-state index < -0.39 is 6.10 Å². The summed E-state index contributed by atoms with van der Waals surface area (Å²) in [5, 5.41) is 2.91. The minimum absolute atomic E-state index is 0.174. The van der Waals surface area contributed by atoms with Crippen molar-refractivity contribution >= 4 is 5.91 Å². The molecule has 1 atom stereocenters. The molecule has 146 valence electrons. The third-order valence-electron chi connectivity index (χ3n) is 4.15. The van der Waals surface area contributed by atoms with Crippen molar-refractivity contribution in [1.29, 1.82) is 0 Å². The topological polar surface area (TPSA) is 66.0 Å². The number of amides is 1. The van der Waals surface area contributed by atoms with Crippen LogP contribution in [0, 0.1) is 6.92 Å². The lowest BCUT2D eigenvalue weighted by molar-refractivity contribution is -0.128. The van der Waals surface area contributed by atoms with Crippen molar-refractivity contribution < 1.29 is 23.7 Å². The van der Waals surface area contributed by atoms with Gasteiger partial charge in [-0.15, -0.1) is 0 Å². The maximum atomic E-state index is 12.5. The van der Waals surface area contributed by atoms with E-state index in [0.717, 1.165) is 11.1 Å². The number of aryl methyl sites for hydroxylation is 1. The Balaban J connectivity index is 2.05. The zero-order chi connectivity index (χ0) is 19.8. The van der Waals surface area contributed by atoms with Crippen LogP contribution in [0.2, 0.25) is 0 Å². The minimum Gasteiger partial charge on any atom is -0.493 e. The van der Waals surface area contributed by atoms with Gasteiger partial charge in [-0.1, -0.05) is 24.6 Å². The molecular weight excluding hydrogens is 346 g/mol. The normalized spacial score (nSPS) is 11.4. The number of hydrogen-bond acceptors (Lipinski definition) is 5. The second-order valence-corrected chi connectivity index (χ2v) is 6.08. The highest BCUT2D eigenvalue weighted by molar-refractivity contribution is 5.81. The Hall–Kier alpha value is -2.89. The van der Waals surface area contributed by atoms with Crippen LogP contribution in [0.3, 0.4) is 0 Å². The fourth-order valence-corrected chi connectivity index (χ4v) is 2.64. The first-order valence-corrected chi connectivity index (χ1v) is 8.82. The molecule has 1 N–H and O–H groups in total. The number of hydrogen-bond donors (Lipinski definition) is 1. The summed E-state index contributed by atoms with van der Waals surface area (Å²) in [5.74, 6) is 2.11. The molecule has 6 heteroatoms. The molecule has 0 aliphatic heterocycles. The van der Waals surface area contributed by atoms with Gasteiger partial charge < -0.3 is 24.3 Å². The van der Waals surface area contributed by atoms with Crippen molar-refractivity contribution in [2.75, 3.05) is 21.3 Å². The van der Waals surface area contributed by atoms with E-state index in [9.17, 15) is 4.79 Å². The standard InChI is InChI=1S/C21H27NO5/c1-6-17(27-16-9-7-14(2)8-10-16)21(23)22-13-15-11-18(24-3)20(26-5)19(12-15)25-4/h7-12,17H,6,13H2,1-5H3,(H,22,23)/t17-/m0/s1. The largest absolute Gasteiger partial charge is 0.493 e. The molecule has 1 amide bonds. The molecule has 2 aromatic carbocycles. The van der Waals surface area contributed by atoms with Crippen LogP contribution in [-0.2, 0) is 11.3 Å². The summed E-state index contributed by atoms with van der Waals surface area (Å²) in [6, 6.07) is 11.3. The lowest BCUT2D eigenvalue weighted by atomic mass is 10.1. The SMILES string of the molecule is CC[C@H](Oc1ccc(C)cc1)C(=O)NCc1cc(OC)c(OC)c(OC)c1. The average Bonchev–Trinajstić information content (AvgIpc) is 2.70. The van der Waals surface area contributed by atoms with Crippen molar-refractivity contribution in [2.24, 2.45) is 0 Å². The van der Waals surface area contributed by atoms with Crippen LogP contribution in [-0.4, -0.2) is 33.3 Å². The van der Waals surface area contributed by atoms with Gasteiger partial charge in [-0.2, -0.15) is 0 Å². The van der Waals surface area contributed by atoms with Gasteiger partial charge in [0, 0.05) is 6.54 Å². The Labute approximate surface area is 160 Å². The van der Waals surface area contributed by atoms with Gasteiger partial charge in [-0.05, 0) is 43.2 Å². The predicted octanol–water partition coefficient (Wildman–Crippen LogP) is 3.49. The van der Waals surface area contributed by atoms with Gasteiger partial charge in [0.25, 0.3) is 5.91 Å². The number of carbonyl (C=O) groups excluding carboxylic acids is 1. The summed E-state index contributed by atoms with van der Waals surface area (Å²) in [7, 11) is 4.67. The highest BCUT2D eigenvalue weighted by Crippen LogP contribution is 2.38. The van der Waals surface area contributed by atoms with Gasteiger partial charge >= 0.3 is 0 Å². The van der Waals surface area contributed by atoms with E-state index in [0.29, 0.717) is 36.0 Å². The molecule has 0 fully saturated rings. The molecule has 6 nitrogen and oxygen atoms in total. The zero-order valence-electron chi connectivity index (χ0n) is 16.5. The van der Waals surface area contributed by atoms with Gasteiger partial charge in [0.1, 0.15) is 5.75 Å². The van der Waals surface area contributed by atoms with E-state index in [1.54, 1.807) is 21.3 Å². The summed E-state index contributed by atoms with van der Waals surface area (Å²) in [6.45, 7) is 4.24. The van der Waals surface area contributed by atoms with Crippen molar-refractivity contribution in [3.8, 4) is 23.0 Å². The monoisotopic (exact) mass is 373 g/mol. The first kappa shape index (κ1) is 20.4. The molecule has 0 spiro atoms. The molecule has 0 heterocycles. The van der Waals surface area contributed by atoms with Gasteiger partial charge in [0.05, 0.1) is 21.3 Å². The highest BCUT2D eigenvalue weighted by atomic mass is 16.5. The molecular formula is C21H27NO5. The number of methoxy groups -OCH3 is 3. The van der Waals surface area contributed by atoms with Gasteiger partial charge in [-0.3, -0.25) is 4.79 Å². The molecule has 27 heavy (non-hydrogen) atoms. The summed E-state index contributed by atoms with van der Waals surface area (Å²) in [5.41, 5.74) is 1.98. The lowest BCUT2D eigenvalue weighted by Crippen LogP contribution is -2.37. The van der Waals surface area contributed by atoms with Crippen molar-refractivity contribution in [3.63, 3.8) is 0 Å². The lowest BCUT2D eigenvalue weighted by Gasteiger charge is -2.18. The number of ether oxygens (including phenoxy) is 4. The Morgan fingerprint density at radius 1 is 1.00 bits per heavy atom. The first-order chi connectivity index (χ1) is 13.0. The fraction of sp³-hybridized carbons (Fsp3) is 0.381. The molecule has 0 aromatic heterocycles. The number of benzene rings is 2. The molecule has 0 radical (unpaired) electrons. The molecule has 2 aromatic rings. The van der Waals surface area contributed by atoms with Crippen molar-refractivity contribution in [1.82, 2.24) is 5.32 Å². The van der Waals surface area contributed by atoms with E-state index in [4.69, 9.17) is 18.9 Å². The van der Waals surface area contributed by atoms with Crippen molar-refractivity contribution in [2.45, 2.75) is 32.9 Å². The second-order valence-electron chi connectivity index (χ2n) is 6.08. The van der Waals surface area contributed by atoms with Crippen LogP contribution in [0.15, 0.2) is 36.4 Å². The molecule has 0 aliphatic carbocycles. The van der Waals surface area contributed by atoms with E-state index >= 15 is 0 Å².